The van der Waals surface area contributed by atoms with E-state index in [-0.39, 0.29) is 0 Å². The lowest BCUT2D eigenvalue weighted by Crippen LogP contribution is -2.31. The Morgan fingerprint density at radius 3 is 2.92 bits per heavy atom. The Balaban J connectivity index is 2.64. The van der Waals surface area contributed by atoms with Gasteiger partial charge in [-0.1, -0.05) is 11.6 Å². The summed E-state index contributed by atoms with van der Waals surface area (Å²) < 4.78 is 0. The Bertz CT molecular complexity index is 287. The van der Waals surface area contributed by atoms with E-state index in [0.29, 0.717) is 11.4 Å². The van der Waals surface area contributed by atoms with Gasteiger partial charge < -0.3 is 10.8 Å². The summed E-state index contributed by atoms with van der Waals surface area (Å²) in [5.41, 5.74) is 5.33. The van der Waals surface area contributed by atoms with Gasteiger partial charge in [0.15, 0.2) is 0 Å². The summed E-state index contributed by atoms with van der Waals surface area (Å²) in [7, 11) is 0. The van der Waals surface area contributed by atoms with Crippen LogP contribution in [-0.2, 0) is 11.2 Å². The topological polar surface area (TPSA) is 63.3 Å². The molecule has 0 aromatic carbocycles. The fourth-order valence-electron chi connectivity index (χ4n) is 0.758. The third-order valence-electron chi connectivity index (χ3n) is 1.41. The zero-order chi connectivity index (χ0) is 9.14. The van der Waals surface area contributed by atoms with Crippen molar-refractivity contribution in [3.63, 3.8) is 0 Å². The maximum Gasteiger partial charge on any atom is 0.320 e. The van der Waals surface area contributed by atoms with E-state index >= 15 is 0 Å². The summed E-state index contributed by atoms with van der Waals surface area (Å²) in [6.45, 7) is 0. The zero-order valence-corrected chi connectivity index (χ0v) is 7.73. The van der Waals surface area contributed by atoms with E-state index in [0.717, 1.165) is 4.88 Å². The molecule has 3 N–H and O–H groups in total. The first-order valence-corrected chi connectivity index (χ1v) is 4.57. The number of hydrogen-bond donors (Lipinski definition) is 2. The SMILES string of the molecule is NC(Cc1sccc1Cl)C(=O)O. The lowest BCUT2D eigenvalue weighted by molar-refractivity contribution is -0.138. The molecule has 1 heterocycles. The molecule has 1 aromatic heterocycles. The van der Waals surface area contributed by atoms with Gasteiger partial charge in [-0.25, -0.2) is 0 Å². The molecule has 0 radical (unpaired) electrons. The highest BCUT2D eigenvalue weighted by atomic mass is 35.5. The van der Waals surface area contributed by atoms with Crippen molar-refractivity contribution in [2.75, 3.05) is 0 Å². The molecule has 0 saturated heterocycles. The molecule has 1 unspecified atom stereocenters. The molecule has 0 amide bonds. The molecule has 66 valence electrons. The standard InChI is InChI=1S/C7H8ClNO2S/c8-4-1-2-12-6(4)3-5(9)7(10)11/h1-2,5H,3,9H2,(H,10,11). The summed E-state index contributed by atoms with van der Waals surface area (Å²) in [5, 5.41) is 10.9. The Morgan fingerprint density at radius 1 is 1.83 bits per heavy atom. The molecule has 0 aliphatic carbocycles. The number of thiophene rings is 1. The molecule has 1 aromatic rings. The summed E-state index contributed by atoms with van der Waals surface area (Å²) in [6, 6.07) is 0.872. The van der Waals surface area contributed by atoms with Gasteiger partial charge in [0.05, 0.1) is 5.02 Å². The van der Waals surface area contributed by atoms with Crippen LogP contribution in [0.25, 0.3) is 0 Å². The lowest BCUT2D eigenvalue weighted by atomic mass is 10.2. The van der Waals surface area contributed by atoms with Crippen molar-refractivity contribution in [1.82, 2.24) is 0 Å². The van der Waals surface area contributed by atoms with E-state index < -0.39 is 12.0 Å². The number of carbonyl (C=O) groups is 1. The molecule has 0 spiro atoms. The van der Waals surface area contributed by atoms with Crippen LogP contribution in [0.15, 0.2) is 11.4 Å². The number of carboxylic acid groups (broad SMARTS) is 1. The Labute approximate surface area is 78.8 Å². The maximum absolute atomic E-state index is 10.4. The second-order valence-corrected chi connectivity index (χ2v) is 3.75. The van der Waals surface area contributed by atoms with E-state index in [1.807, 2.05) is 5.38 Å². The highest BCUT2D eigenvalue weighted by Gasteiger charge is 2.14. The number of rotatable bonds is 3. The van der Waals surface area contributed by atoms with Gasteiger partial charge in [0.2, 0.25) is 0 Å². The predicted molar refractivity (Wildman–Crippen MR) is 48.6 cm³/mol. The van der Waals surface area contributed by atoms with E-state index in [9.17, 15) is 4.79 Å². The minimum atomic E-state index is -1.00. The highest BCUT2D eigenvalue weighted by molar-refractivity contribution is 7.10. The maximum atomic E-state index is 10.4. The van der Waals surface area contributed by atoms with Crippen LogP contribution in [0.2, 0.25) is 5.02 Å². The predicted octanol–water partition coefficient (Wildman–Crippen LogP) is 1.36. The monoisotopic (exact) mass is 205 g/mol. The third kappa shape index (κ3) is 2.20. The van der Waals surface area contributed by atoms with Crippen molar-refractivity contribution in [2.45, 2.75) is 12.5 Å². The van der Waals surface area contributed by atoms with Crippen LogP contribution in [0.3, 0.4) is 0 Å². The van der Waals surface area contributed by atoms with E-state index in [1.165, 1.54) is 11.3 Å². The van der Waals surface area contributed by atoms with Crippen LogP contribution in [0.5, 0.6) is 0 Å². The lowest BCUT2D eigenvalue weighted by Gasteiger charge is -2.03. The van der Waals surface area contributed by atoms with Gasteiger partial charge in [-0.2, -0.15) is 0 Å². The molecule has 0 fully saturated rings. The van der Waals surface area contributed by atoms with Crippen molar-refractivity contribution in [1.29, 1.82) is 0 Å². The fourth-order valence-corrected chi connectivity index (χ4v) is 1.93. The van der Waals surface area contributed by atoms with Crippen LogP contribution >= 0.6 is 22.9 Å². The van der Waals surface area contributed by atoms with Crippen LogP contribution in [0.1, 0.15) is 4.88 Å². The summed E-state index contributed by atoms with van der Waals surface area (Å²) >= 11 is 7.17. The van der Waals surface area contributed by atoms with Crippen LogP contribution < -0.4 is 5.73 Å². The highest BCUT2D eigenvalue weighted by Crippen LogP contribution is 2.22. The van der Waals surface area contributed by atoms with Crippen molar-refractivity contribution < 1.29 is 9.90 Å². The van der Waals surface area contributed by atoms with Gasteiger partial charge in [-0.15, -0.1) is 11.3 Å². The van der Waals surface area contributed by atoms with Crippen LogP contribution in [0.4, 0.5) is 0 Å². The molecule has 1 rings (SSSR count). The zero-order valence-electron chi connectivity index (χ0n) is 6.16. The Morgan fingerprint density at radius 2 is 2.50 bits per heavy atom. The van der Waals surface area contributed by atoms with Gasteiger partial charge >= 0.3 is 5.97 Å². The quantitative estimate of drug-likeness (QED) is 0.783. The van der Waals surface area contributed by atoms with Gasteiger partial charge in [0.25, 0.3) is 0 Å². The average molecular weight is 206 g/mol. The number of aliphatic carboxylic acids is 1. The molecular formula is C7H8ClNO2S. The number of halogens is 1. The summed E-state index contributed by atoms with van der Waals surface area (Å²) in [4.78, 5) is 11.2. The molecular weight excluding hydrogens is 198 g/mol. The smallest absolute Gasteiger partial charge is 0.320 e. The number of nitrogens with two attached hydrogens (primary N) is 1. The van der Waals surface area contributed by atoms with E-state index in [2.05, 4.69) is 0 Å². The minimum Gasteiger partial charge on any atom is -0.480 e. The summed E-state index contributed by atoms with van der Waals surface area (Å²) in [6.07, 6.45) is 0.297. The molecule has 0 bridgehead atoms. The van der Waals surface area contributed by atoms with Crippen LogP contribution in [-0.4, -0.2) is 17.1 Å². The molecule has 12 heavy (non-hydrogen) atoms. The molecule has 0 saturated carbocycles. The third-order valence-corrected chi connectivity index (χ3v) is 2.82. The fraction of sp³-hybridized carbons (Fsp3) is 0.286. The molecule has 3 nitrogen and oxygen atoms in total. The van der Waals surface area contributed by atoms with Gasteiger partial charge in [0, 0.05) is 11.3 Å². The van der Waals surface area contributed by atoms with Crippen molar-refractivity contribution in [2.24, 2.45) is 5.73 Å². The first kappa shape index (κ1) is 9.51. The van der Waals surface area contributed by atoms with Gasteiger partial charge in [-0.3, -0.25) is 4.79 Å². The minimum absolute atomic E-state index is 0.297. The average Bonchev–Trinajstić information content (AvgIpc) is 2.36. The second-order valence-electron chi connectivity index (χ2n) is 2.34. The van der Waals surface area contributed by atoms with E-state index in [4.69, 9.17) is 22.4 Å². The molecule has 1 atom stereocenters. The van der Waals surface area contributed by atoms with E-state index in [1.54, 1.807) is 6.07 Å². The number of carboxylic acids is 1. The van der Waals surface area contributed by atoms with Crippen molar-refractivity contribution in [3.05, 3.63) is 21.3 Å². The number of hydrogen-bond acceptors (Lipinski definition) is 3. The first-order valence-electron chi connectivity index (χ1n) is 3.31. The van der Waals surface area contributed by atoms with Gasteiger partial charge in [0.1, 0.15) is 6.04 Å². The van der Waals surface area contributed by atoms with Crippen molar-refractivity contribution >= 4 is 28.9 Å². The van der Waals surface area contributed by atoms with Crippen LogP contribution in [0, 0.1) is 0 Å². The largest absolute Gasteiger partial charge is 0.480 e. The van der Waals surface area contributed by atoms with Crippen molar-refractivity contribution in [3.8, 4) is 0 Å². The Hall–Kier alpha value is -0.580. The normalized spacial score (nSPS) is 12.8. The van der Waals surface area contributed by atoms with Gasteiger partial charge in [-0.05, 0) is 11.4 Å². The summed E-state index contributed by atoms with van der Waals surface area (Å²) in [5.74, 6) is -1.00. The molecule has 0 aliphatic rings. The second kappa shape index (κ2) is 3.89. The Kier molecular flexibility index (Phi) is 3.08. The molecule has 5 heteroatoms. The molecule has 0 aliphatic heterocycles. The first-order chi connectivity index (χ1) is 5.61.